The molecule has 6 heteroatoms. The second kappa shape index (κ2) is 7.34. The molecule has 0 radical (unpaired) electrons. The van der Waals surface area contributed by atoms with Crippen LogP contribution >= 0.6 is 0 Å². The first kappa shape index (κ1) is 18.6. The Hall–Kier alpha value is -2.76. The van der Waals surface area contributed by atoms with Gasteiger partial charge < -0.3 is 9.80 Å². The van der Waals surface area contributed by atoms with E-state index in [4.69, 9.17) is 0 Å². The number of carbonyl (C=O) groups excluding carboxylic acids is 2. The van der Waals surface area contributed by atoms with E-state index in [2.05, 4.69) is 42.0 Å². The van der Waals surface area contributed by atoms with Gasteiger partial charge in [0.15, 0.2) is 0 Å². The average Bonchev–Trinajstić information content (AvgIpc) is 3.51. The van der Waals surface area contributed by atoms with Gasteiger partial charge in [-0.25, -0.2) is 9.97 Å². The zero-order valence-corrected chi connectivity index (χ0v) is 16.7. The van der Waals surface area contributed by atoms with E-state index < -0.39 is 0 Å². The molecule has 1 aliphatic heterocycles. The maximum absolute atomic E-state index is 12.9. The van der Waals surface area contributed by atoms with Crippen molar-refractivity contribution in [3.8, 4) is 0 Å². The van der Waals surface area contributed by atoms with Gasteiger partial charge in [-0.3, -0.25) is 9.59 Å². The predicted molar refractivity (Wildman–Crippen MR) is 106 cm³/mol. The molecule has 0 unspecified atom stereocenters. The molecule has 28 heavy (non-hydrogen) atoms. The van der Waals surface area contributed by atoms with Gasteiger partial charge in [0.25, 0.3) is 5.91 Å². The van der Waals surface area contributed by atoms with Gasteiger partial charge in [0.2, 0.25) is 5.91 Å². The highest BCUT2D eigenvalue weighted by atomic mass is 16.2. The zero-order chi connectivity index (χ0) is 19.8. The summed E-state index contributed by atoms with van der Waals surface area (Å²) >= 11 is 0. The number of hydrogen-bond acceptors (Lipinski definition) is 4. The van der Waals surface area contributed by atoms with E-state index in [1.165, 1.54) is 11.1 Å². The Bertz CT molecular complexity index is 936. The van der Waals surface area contributed by atoms with E-state index in [9.17, 15) is 9.59 Å². The minimum absolute atomic E-state index is 0.0222. The molecular weight excluding hydrogens is 352 g/mol. The van der Waals surface area contributed by atoms with Gasteiger partial charge in [-0.1, -0.05) is 18.2 Å². The Labute approximate surface area is 165 Å². The highest BCUT2D eigenvalue weighted by Gasteiger charge is 2.30. The quantitative estimate of drug-likeness (QED) is 0.821. The van der Waals surface area contributed by atoms with Gasteiger partial charge in [-0.2, -0.15) is 0 Å². The van der Waals surface area contributed by atoms with Crippen LogP contribution in [0.3, 0.4) is 0 Å². The van der Waals surface area contributed by atoms with E-state index in [-0.39, 0.29) is 18.4 Å². The van der Waals surface area contributed by atoms with Gasteiger partial charge >= 0.3 is 0 Å². The monoisotopic (exact) mass is 378 g/mol. The number of benzene rings is 1. The molecule has 1 saturated carbocycles. The van der Waals surface area contributed by atoms with Crippen molar-refractivity contribution < 1.29 is 9.59 Å². The van der Waals surface area contributed by atoms with Gasteiger partial charge in [0.05, 0.1) is 11.3 Å². The van der Waals surface area contributed by atoms with Crippen molar-refractivity contribution >= 4 is 11.8 Å². The van der Waals surface area contributed by atoms with E-state index in [1.54, 1.807) is 11.1 Å². The molecule has 2 amide bonds. The molecule has 146 valence electrons. The molecule has 0 N–H and O–H groups in total. The van der Waals surface area contributed by atoms with Gasteiger partial charge in [-0.15, -0.1) is 0 Å². The van der Waals surface area contributed by atoms with Crippen molar-refractivity contribution in [2.24, 2.45) is 0 Å². The van der Waals surface area contributed by atoms with Crippen molar-refractivity contribution in [1.29, 1.82) is 0 Å². The fourth-order valence-corrected chi connectivity index (χ4v) is 3.57. The van der Waals surface area contributed by atoms with Crippen molar-refractivity contribution in [2.45, 2.75) is 46.1 Å². The molecule has 2 fully saturated rings. The van der Waals surface area contributed by atoms with Crippen LogP contribution in [-0.2, 0) is 11.3 Å². The molecule has 1 aliphatic carbocycles. The Morgan fingerprint density at radius 3 is 2.57 bits per heavy atom. The molecule has 2 aliphatic rings. The molecule has 4 rings (SSSR count). The summed E-state index contributed by atoms with van der Waals surface area (Å²) < 4.78 is 0. The van der Waals surface area contributed by atoms with Crippen LogP contribution in [0, 0.1) is 20.8 Å². The predicted octanol–water partition coefficient (Wildman–Crippen LogP) is 2.76. The van der Waals surface area contributed by atoms with E-state index >= 15 is 0 Å². The molecule has 0 atom stereocenters. The standard InChI is InChI=1S/C22H26N4O2/c1-14-4-5-17(10-15(14)2)12-25-8-9-26(13-20(25)27)22(28)19-11-23-21(18-6-7-18)24-16(19)3/h4-5,10-11,18H,6-9,12-13H2,1-3H3. The summed E-state index contributed by atoms with van der Waals surface area (Å²) in [7, 11) is 0. The van der Waals surface area contributed by atoms with Crippen LogP contribution in [-0.4, -0.2) is 51.2 Å². The van der Waals surface area contributed by atoms with Crippen molar-refractivity contribution in [3.05, 3.63) is 58.2 Å². The summed E-state index contributed by atoms with van der Waals surface area (Å²) in [5.41, 5.74) is 4.79. The molecule has 0 spiro atoms. The lowest BCUT2D eigenvalue weighted by Gasteiger charge is -2.34. The Morgan fingerprint density at radius 2 is 1.93 bits per heavy atom. The number of piperazine rings is 1. The van der Waals surface area contributed by atoms with Gasteiger partial charge in [-0.05, 0) is 50.3 Å². The van der Waals surface area contributed by atoms with Crippen LogP contribution in [0.25, 0.3) is 0 Å². The summed E-state index contributed by atoms with van der Waals surface area (Å²) in [4.78, 5) is 37.8. The fourth-order valence-electron chi connectivity index (χ4n) is 3.57. The Kier molecular flexibility index (Phi) is 4.87. The topological polar surface area (TPSA) is 66.4 Å². The first-order chi connectivity index (χ1) is 13.4. The molecule has 2 aromatic rings. The smallest absolute Gasteiger partial charge is 0.257 e. The fraction of sp³-hybridized carbons (Fsp3) is 0.455. The summed E-state index contributed by atoms with van der Waals surface area (Å²) in [6.45, 7) is 7.76. The van der Waals surface area contributed by atoms with Crippen LogP contribution in [0.4, 0.5) is 0 Å². The first-order valence-corrected chi connectivity index (χ1v) is 9.89. The Morgan fingerprint density at radius 1 is 1.14 bits per heavy atom. The van der Waals surface area contributed by atoms with Crippen LogP contribution in [0.2, 0.25) is 0 Å². The summed E-state index contributed by atoms with van der Waals surface area (Å²) in [6, 6.07) is 6.28. The summed E-state index contributed by atoms with van der Waals surface area (Å²) in [5, 5.41) is 0. The number of hydrogen-bond donors (Lipinski definition) is 0. The van der Waals surface area contributed by atoms with Crippen molar-refractivity contribution in [3.63, 3.8) is 0 Å². The molecule has 6 nitrogen and oxygen atoms in total. The van der Waals surface area contributed by atoms with Crippen LogP contribution < -0.4 is 0 Å². The maximum atomic E-state index is 12.9. The lowest BCUT2D eigenvalue weighted by molar-refractivity contribution is -0.135. The van der Waals surface area contributed by atoms with E-state index in [0.29, 0.717) is 36.8 Å². The third-order valence-corrected chi connectivity index (χ3v) is 5.72. The summed E-state index contributed by atoms with van der Waals surface area (Å²) in [6.07, 6.45) is 3.89. The van der Waals surface area contributed by atoms with Crippen LogP contribution in [0.15, 0.2) is 24.4 Å². The van der Waals surface area contributed by atoms with E-state index in [0.717, 1.165) is 24.2 Å². The number of nitrogens with zero attached hydrogens (tertiary/aromatic N) is 4. The van der Waals surface area contributed by atoms with Crippen molar-refractivity contribution in [2.75, 3.05) is 19.6 Å². The largest absolute Gasteiger partial charge is 0.335 e. The van der Waals surface area contributed by atoms with E-state index in [1.807, 2.05) is 11.8 Å². The molecule has 0 bridgehead atoms. The Balaban J connectivity index is 1.41. The second-order valence-corrected chi connectivity index (χ2v) is 7.96. The highest BCUT2D eigenvalue weighted by Crippen LogP contribution is 2.38. The second-order valence-electron chi connectivity index (χ2n) is 7.96. The highest BCUT2D eigenvalue weighted by molar-refractivity contribution is 5.97. The zero-order valence-electron chi connectivity index (χ0n) is 16.7. The average molecular weight is 378 g/mol. The van der Waals surface area contributed by atoms with Gasteiger partial charge in [0.1, 0.15) is 12.4 Å². The van der Waals surface area contributed by atoms with Crippen LogP contribution in [0.1, 0.15) is 57.3 Å². The third-order valence-electron chi connectivity index (χ3n) is 5.72. The molecule has 1 saturated heterocycles. The lowest BCUT2D eigenvalue weighted by atomic mass is 10.1. The number of rotatable bonds is 4. The normalized spacial score (nSPS) is 17.2. The van der Waals surface area contributed by atoms with Crippen molar-refractivity contribution in [1.82, 2.24) is 19.8 Å². The maximum Gasteiger partial charge on any atom is 0.257 e. The lowest BCUT2D eigenvalue weighted by Crippen LogP contribution is -2.52. The number of aromatic nitrogens is 2. The molecule has 1 aromatic carbocycles. The molecule has 1 aromatic heterocycles. The van der Waals surface area contributed by atoms with Gasteiger partial charge in [0, 0.05) is 31.7 Å². The molecule has 2 heterocycles. The third kappa shape index (κ3) is 3.77. The van der Waals surface area contributed by atoms with Crippen LogP contribution in [0.5, 0.6) is 0 Å². The number of carbonyl (C=O) groups is 2. The first-order valence-electron chi connectivity index (χ1n) is 9.89. The number of amides is 2. The minimum atomic E-state index is -0.154. The minimum Gasteiger partial charge on any atom is -0.335 e. The summed E-state index contributed by atoms with van der Waals surface area (Å²) in [5.74, 6) is 1.12. The SMILES string of the molecule is Cc1ccc(CN2CCN(C(=O)c3cnc(C4CC4)nc3C)CC2=O)cc1C. The number of aryl methyl sites for hydroxylation is 3. The molecular formula is C22H26N4O2.